The molecule has 2 aromatic rings. The zero-order valence-electron chi connectivity index (χ0n) is 9.59. The van der Waals surface area contributed by atoms with E-state index in [9.17, 15) is 13.0 Å². The van der Waals surface area contributed by atoms with E-state index in [2.05, 4.69) is 0 Å². The second-order valence-electron chi connectivity index (χ2n) is 3.98. The molecule has 0 aliphatic heterocycles. The van der Waals surface area contributed by atoms with Crippen LogP contribution in [-0.2, 0) is 10.1 Å². The molecule has 0 aromatic heterocycles. The predicted molar refractivity (Wildman–Crippen MR) is 74.4 cm³/mol. The van der Waals surface area contributed by atoms with Crippen molar-refractivity contribution in [1.82, 2.24) is 0 Å². The second-order valence-corrected chi connectivity index (χ2v) is 6.31. The van der Waals surface area contributed by atoms with Crippen LogP contribution in [0.4, 0.5) is 0 Å². The number of rotatable bonds is 3. The monoisotopic (exact) mass is 315 g/mol. The quantitative estimate of drug-likeness (QED) is 0.813. The maximum atomic E-state index is 11.5. The third-order valence-corrected chi connectivity index (χ3v) is 4.26. The molecule has 3 nitrogen and oxygen atoms in total. The van der Waals surface area contributed by atoms with Crippen LogP contribution in [0, 0.1) is 0 Å². The Morgan fingerprint density at radius 3 is 1.37 bits per heavy atom. The molecule has 0 spiro atoms. The van der Waals surface area contributed by atoms with Crippen LogP contribution in [0.3, 0.4) is 0 Å². The van der Waals surface area contributed by atoms with Gasteiger partial charge in [-0.25, -0.2) is 8.42 Å². The highest BCUT2D eigenvalue weighted by Gasteiger charge is 2.20. The molecule has 0 heterocycles. The van der Waals surface area contributed by atoms with Gasteiger partial charge in [0.15, 0.2) is 0 Å². The Morgan fingerprint density at radius 1 is 0.789 bits per heavy atom. The normalized spacial score (nSPS) is 11.8. The summed E-state index contributed by atoms with van der Waals surface area (Å²) >= 11 is 11.5. The molecule has 2 rings (SSSR count). The largest absolute Gasteiger partial charge is 0.747 e. The van der Waals surface area contributed by atoms with Gasteiger partial charge < -0.3 is 4.55 Å². The first-order valence-corrected chi connectivity index (χ1v) is 7.56. The minimum Gasteiger partial charge on any atom is -0.747 e. The van der Waals surface area contributed by atoms with Crippen molar-refractivity contribution >= 4 is 33.3 Å². The number of hydrogen-bond acceptors (Lipinski definition) is 3. The van der Waals surface area contributed by atoms with E-state index in [-0.39, 0.29) is 0 Å². The standard InChI is InChI=1S/C13H10Cl2O3S/c14-11-5-1-9(2-6-11)13(19(16,17)18)10-3-7-12(15)8-4-10/h1-8,13H,(H,16,17,18)/p-1. The molecular formula is C13H9Cl2O3S-. The van der Waals surface area contributed by atoms with Gasteiger partial charge in [0, 0.05) is 10.0 Å². The fraction of sp³-hybridized carbons (Fsp3) is 0.0769. The summed E-state index contributed by atoms with van der Waals surface area (Å²) in [6, 6.07) is 12.3. The van der Waals surface area contributed by atoms with Crippen LogP contribution in [0.25, 0.3) is 0 Å². The zero-order valence-corrected chi connectivity index (χ0v) is 11.9. The van der Waals surface area contributed by atoms with Gasteiger partial charge >= 0.3 is 0 Å². The molecule has 0 amide bonds. The molecule has 0 radical (unpaired) electrons. The summed E-state index contributed by atoms with van der Waals surface area (Å²) in [6.45, 7) is 0. The van der Waals surface area contributed by atoms with Gasteiger partial charge in [-0.05, 0) is 35.4 Å². The molecule has 0 aliphatic carbocycles. The molecule has 2 aromatic carbocycles. The molecule has 0 aliphatic rings. The van der Waals surface area contributed by atoms with E-state index in [0.717, 1.165) is 0 Å². The fourth-order valence-corrected chi connectivity index (χ4v) is 3.03. The number of benzene rings is 2. The van der Waals surface area contributed by atoms with Crippen molar-refractivity contribution in [2.24, 2.45) is 0 Å². The molecule has 100 valence electrons. The first-order valence-electron chi connectivity index (χ1n) is 5.33. The average Bonchev–Trinajstić information content (AvgIpc) is 2.33. The maximum Gasteiger partial charge on any atom is 0.106 e. The van der Waals surface area contributed by atoms with Crippen molar-refractivity contribution in [1.29, 1.82) is 0 Å². The molecule has 0 N–H and O–H groups in total. The van der Waals surface area contributed by atoms with E-state index < -0.39 is 15.4 Å². The van der Waals surface area contributed by atoms with Crippen molar-refractivity contribution < 1.29 is 13.0 Å². The molecule has 0 fully saturated rings. The summed E-state index contributed by atoms with van der Waals surface area (Å²) in [7, 11) is -4.53. The van der Waals surface area contributed by atoms with Gasteiger partial charge in [0.1, 0.15) is 10.1 Å². The summed E-state index contributed by atoms with van der Waals surface area (Å²) in [5.74, 6) is 0. The SMILES string of the molecule is O=S(=O)([O-])C(c1ccc(Cl)cc1)c1ccc(Cl)cc1. The third kappa shape index (κ3) is 3.48. The fourth-order valence-electron chi connectivity index (χ4n) is 1.80. The van der Waals surface area contributed by atoms with E-state index in [0.29, 0.717) is 21.2 Å². The van der Waals surface area contributed by atoms with Gasteiger partial charge in [-0.3, -0.25) is 0 Å². The molecule has 0 saturated carbocycles. The Kier molecular flexibility index (Phi) is 4.16. The lowest BCUT2D eigenvalue weighted by atomic mass is 10.0. The van der Waals surface area contributed by atoms with Gasteiger partial charge in [0.05, 0.1) is 5.25 Å². The lowest BCUT2D eigenvalue weighted by molar-refractivity contribution is 0.455. The smallest absolute Gasteiger partial charge is 0.106 e. The van der Waals surface area contributed by atoms with Crippen molar-refractivity contribution in [3.63, 3.8) is 0 Å². The summed E-state index contributed by atoms with van der Waals surface area (Å²) in [6.07, 6.45) is 0. The summed E-state index contributed by atoms with van der Waals surface area (Å²) in [4.78, 5) is 0. The Hall–Kier alpha value is -1.07. The number of halogens is 2. The second kappa shape index (κ2) is 5.51. The Morgan fingerprint density at radius 2 is 1.11 bits per heavy atom. The van der Waals surface area contributed by atoms with Crippen LogP contribution in [0.5, 0.6) is 0 Å². The van der Waals surface area contributed by atoms with Crippen LogP contribution in [0.2, 0.25) is 10.0 Å². The van der Waals surface area contributed by atoms with Gasteiger partial charge in [0.2, 0.25) is 0 Å². The van der Waals surface area contributed by atoms with Gasteiger partial charge in [-0.1, -0.05) is 47.5 Å². The molecule has 6 heteroatoms. The highest BCUT2D eigenvalue weighted by atomic mass is 35.5. The van der Waals surface area contributed by atoms with E-state index in [4.69, 9.17) is 23.2 Å². The Bertz CT molecular complexity index is 619. The molecule has 0 atom stereocenters. The van der Waals surface area contributed by atoms with Gasteiger partial charge in [-0.2, -0.15) is 0 Å². The van der Waals surface area contributed by atoms with Crippen LogP contribution < -0.4 is 0 Å². The summed E-state index contributed by atoms with van der Waals surface area (Å²) < 4.78 is 34.4. The van der Waals surface area contributed by atoms with Crippen LogP contribution >= 0.6 is 23.2 Å². The lowest BCUT2D eigenvalue weighted by Gasteiger charge is -2.21. The highest BCUT2D eigenvalue weighted by Crippen LogP contribution is 2.30. The molecule has 0 unspecified atom stereocenters. The van der Waals surface area contributed by atoms with Crippen LogP contribution in [-0.4, -0.2) is 13.0 Å². The number of hydrogen-bond donors (Lipinski definition) is 0. The van der Waals surface area contributed by atoms with Gasteiger partial charge in [0.25, 0.3) is 0 Å². The maximum absolute atomic E-state index is 11.5. The third-order valence-electron chi connectivity index (χ3n) is 2.63. The van der Waals surface area contributed by atoms with Gasteiger partial charge in [-0.15, -0.1) is 0 Å². The molecule has 19 heavy (non-hydrogen) atoms. The van der Waals surface area contributed by atoms with Crippen LogP contribution in [0.1, 0.15) is 16.4 Å². The Balaban J connectivity index is 2.54. The summed E-state index contributed by atoms with van der Waals surface area (Å²) in [5, 5.41) is -0.314. The minimum atomic E-state index is -4.53. The summed E-state index contributed by atoms with van der Waals surface area (Å²) in [5.41, 5.74) is 0.753. The van der Waals surface area contributed by atoms with Crippen molar-refractivity contribution in [2.45, 2.75) is 5.25 Å². The zero-order chi connectivity index (χ0) is 14.0. The topological polar surface area (TPSA) is 57.2 Å². The molecule has 0 saturated heterocycles. The molecular weight excluding hydrogens is 307 g/mol. The average molecular weight is 316 g/mol. The van der Waals surface area contributed by atoms with E-state index >= 15 is 0 Å². The minimum absolute atomic E-state index is 0.377. The first-order chi connectivity index (χ1) is 8.88. The van der Waals surface area contributed by atoms with E-state index in [1.165, 1.54) is 24.3 Å². The van der Waals surface area contributed by atoms with E-state index in [1.807, 2.05) is 0 Å². The lowest BCUT2D eigenvalue weighted by Crippen LogP contribution is -2.13. The van der Waals surface area contributed by atoms with Crippen molar-refractivity contribution in [3.8, 4) is 0 Å². The van der Waals surface area contributed by atoms with Crippen LogP contribution in [0.15, 0.2) is 48.5 Å². The van der Waals surface area contributed by atoms with Crippen molar-refractivity contribution in [3.05, 3.63) is 69.7 Å². The predicted octanol–water partition coefficient (Wildman–Crippen LogP) is 3.63. The first kappa shape index (κ1) is 14.3. The highest BCUT2D eigenvalue weighted by molar-refractivity contribution is 7.86. The molecule has 0 bridgehead atoms. The Labute approximate surface area is 121 Å². The van der Waals surface area contributed by atoms with Crippen molar-refractivity contribution in [2.75, 3.05) is 0 Å². The van der Waals surface area contributed by atoms with E-state index in [1.54, 1.807) is 24.3 Å².